The Bertz CT molecular complexity index is 944. The van der Waals surface area contributed by atoms with E-state index in [0.717, 1.165) is 23.3 Å². The molecule has 6 nitrogen and oxygen atoms in total. The Balaban J connectivity index is 1.35. The van der Waals surface area contributed by atoms with Gasteiger partial charge in [-0.3, -0.25) is 9.48 Å². The largest absolute Gasteiger partial charge is 0.355 e. The predicted molar refractivity (Wildman–Crippen MR) is 91.4 cm³/mol. The van der Waals surface area contributed by atoms with Crippen molar-refractivity contribution in [3.8, 4) is 0 Å². The topological polar surface area (TPSA) is 64.7 Å². The maximum absolute atomic E-state index is 13.8. The summed E-state index contributed by atoms with van der Waals surface area (Å²) < 4.78 is 17.4. The summed E-state index contributed by atoms with van der Waals surface area (Å²) in [5, 5.41) is 7.13. The van der Waals surface area contributed by atoms with Crippen LogP contribution in [0.25, 0.3) is 11.0 Å². The van der Waals surface area contributed by atoms with Gasteiger partial charge >= 0.3 is 0 Å². The van der Waals surface area contributed by atoms with Crippen molar-refractivity contribution >= 4 is 16.9 Å². The lowest BCUT2D eigenvalue weighted by Gasteiger charge is -2.05. The summed E-state index contributed by atoms with van der Waals surface area (Å²) in [5.74, 6) is 0.820. The quantitative estimate of drug-likeness (QED) is 0.771. The number of carbonyl (C=O) groups excluding carboxylic acids is 1. The first-order valence-electron chi connectivity index (χ1n) is 8.40. The smallest absolute Gasteiger partial charge is 0.223 e. The highest BCUT2D eigenvalue weighted by Gasteiger charge is 2.44. The molecular weight excluding hydrogens is 321 g/mol. The third-order valence-corrected chi connectivity index (χ3v) is 4.88. The van der Waals surface area contributed by atoms with Gasteiger partial charge in [0.25, 0.3) is 0 Å². The summed E-state index contributed by atoms with van der Waals surface area (Å²) in [6, 6.07) is 4.93. The molecule has 1 N–H and O–H groups in total. The Labute approximate surface area is 144 Å². The van der Waals surface area contributed by atoms with E-state index < -0.39 is 0 Å². The second kappa shape index (κ2) is 5.98. The van der Waals surface area contributed by atoms with Crippen molar-refractivity contribution in [2.45, 2.75) is 18.8 Å². The number of amides is 1. The molecule has 0 bridgehead atoms. The lowest BCUT2D eigenvalue weighted by molar-refractivity contribution is -0.122. The second-order valence-corrected chi connectivity index (χ2v) is 6.63. The first-order chi connectivity index (χ1) is 12.0. The van der Waals surface area contributed by atoms with E-state index in [-0.39, 0.29) is 23.6 Å². The van der Waals surface area contributed by atoms with Crippen molar-refractivity contribution in [3.63, 3.8) is 0 Å². The van der Waals surface area contributed by atoms with Gasteiger partial charge in [-0.05, 0) is 30.0 Å². The van der Waals surface area contributed by atoms with Gasteiger partial charge < -0.3 is 9.88 Å². The first-order valence-corrected chi connectivity index (χ1v) is 8.40. The molecule has 1 saturated carbocycles. The summed E-state index contributed by atoms with van der Waals surface area (Å²) in [5.41, 5.74) is 2.26. The number of fused-ring (bicyclic) bond motifs is 1. The summed E-state index contributed by atoms with van der Waals surface area (Å²) >= 11 is 0. The standard InChI is InChI=1S/C18H20FN5O/c1-23-10-11(9-21-23)12-8-13(12)18(25)20-7-6-16-22-17-14(19)4-3-5-15(17)24(16)2/h3-5,9-10,12-13H,6-8H2,1-2H3,(H,20,25). The van der Waals surface area contributed by atoms with Crippen LogP contribution in [0.4, 0.5) is 4.39 Å². The number of hydrogen-bond acceptors (Lipinski definition) is 3. The molecule has 1 aliphatic carbocycles. The molecule has 1 aliphatic rings. The Kier molecular flexibility index (Phi) is 3.78. The van der Waals surface area contributed by atoms with E-state index >= 15 is 0 Å². The van der Waals surface area contributed by atoms with Crippen LogP contribution in [0, 0.1) is 11.7 Å². The van der Waals surface area contributed by atoms with E-state index in [1.165, 1.54) is 6.07 Å². The number of hydrogen-bond donors (Lipinski definition) is 1. The predicted octanol–water partition coefficient (Wildman–Crippen LogP) is 1.91. The van der Waals surface area contributed by atoms with Crippen molar-refractivity contribution in [2.24, 2.45) is 20.0 Å². The van der Waals surface area contributed by atoms with Gasteiger partial charge in [0.15, 0.2) is 5.82 Å². The Morgan fingerprint density at radius 2 is 2.24 bits per heavy atom. The van der Waals surface area contributed by atoms with Crippen molar-refractivity contribution in [1.82, 2.24) is 24.6 Å². The van der Waals surface area contributed by atoms with Gasteiger partial charge in [-0.25, -0.2) is 9.37 Å². The number of aryl methyl sites for hydroxylation is 2. The maximum atomic E-state index is 13.8. The first kappa shape index (κ1) is 15.8. The number of benzene rings is 1. The Morgan fingerprint density at radius 3 is 2.96 bits per heavy atom. The van der Waals surface area contributed by atoms with Crippen LogP contribution < -0.4 is 5.32 Å². The minimum absolute atomic E-state index is 0.0297. The summed E-state index contributed by atoms with van der Waals surface area (Å²) in [7, 11) is 3.74. The average molecular weight is 341 g/mol. The molecule has 25 heavy (non-hydrogen) atoms. The average Bonchev–Trinajstić information content (AvgIpc) is 3.18. The molecule has 130 valence electrons. The van der Waals surface area contributed by atoms with Gasteiger partial charge in [0.2, 0.25) is 5.91 Å². The molecule has 1 aromatic carbocycles. The summed E-state index contributed by atoms with van der Waals surface area (Å²) in [6.45, 7) is 0.494. The highest BCUT2D eigenvalue weighted by Crippen LogP contribution is 2.47. The highest BCUT2D eigenvalue weighted by molar-refractivity contribution is 5.82. The van der Waals surface area contributed by atoms with Gasteiger partial charge in [-0.2, -0.15) is 5.10 Å². The molecule has 1 amide bonds. The van der Waals surface area contributed by atoms with E-state index in [4.69, 9.17) is 0 Å². The molecule has 1 fully saturated rings. The molecule has 0 radical (unpaired) electrons. The molecule has 3 aromatic rings. The number of carbonyl (C=O) groups is 1. The van der Waals surface area contributed by atoms with Crippen molar-refractivity contribution in [2.75, 3.05) is 6.54 Å². The van der Waals surface area contributed by atoms with Crippen LogP contribution in [0.1, 0.15) is 23.7 Å². The van der Waals surface area contributed by atoms with Gasteiger partial charge in [0.1, 0.15) is 11.3 Å². The lowest BCUT2D eigenvalue weighted by Crippen LogP contribution is -2.28. The number of aromatic nitrogens is 4. The minimum Gasteiger partial charge on any atom is -0.355 e. The highest BCUT2D eigenvalue weighted by atomic mass is 19.1. The Morgan fingerprint density at radius 1 is 1.40 bits per heavy atom. The molecular formula is C18H20FN5O. The van der Waals surface area contributed by atoms with Crippen LogP contribution >= 0.6 is 0 Å². The number of rotatable bonds is 5. The van der Waals surface area contributed by atoms with Gasteiger partial charge in [0.05, 0.1) is 11.7 Å². The summed E-state index contributed by atoms with van der Waals surface area (Å²) in [4.78, 5) is 16.6. The number of nitrogens with one attached hydrogen (secondary N) is 1. The second-order valence-electron chi connectivity index (χ2n) is 6.63. The fourth-order valence-electron chi connectivity index (χ4n) is 3.37. The fourth-order valence-corrected chi connectivity index (χ4v) is 3.37. The van der Waals surface area contributed by atoms with E-state index in [0.29, 0.717) is 18.5 Å². The zero-order valence-electron chi connectivity index (χ0n) is 14.2. The zero-order valence-corrected chi connectivity index (χ0v) is 14.2. The minimum atomic E-state index is -0.319. The monoisotopic (exact) mass is 341 g/mol. The summed E-state index contributed by atoms with van der Waals surface area (Å²) in [6.07, 6.45) is 5.23. The van der Waals surface area contributed by atoms with E-state index in [2.05, 4.69) is 15.4 Å². The fraction of sp³-hybridized carbons (Fsp3) is 0.389. The Hall–Kier alpha value is -2.70. The van der Waals surface area contributed by atoms with Crippen LogP contribution in [0.15, 0.2) is 30.6 Å². The van der Waals surface area contributed by atoms with Gasteiger partial charge in [0, 0.05) is 39.2 Å². The SMILES string of the molecule is Cn1cc(C2CC2C(=O)NCCc2nc3c(F)cccc3n2C)cn1. The van der Waals surface area contributed by atoms with E-state index in [9.17, 15) is 9.18 Å². The van der Waals surface area contributed by atoms with E-state index in [1.54, 1.807) is 10.7 Å². The van der Waals surface area contributed by atoms with Crippen LogP contribution in [0.5, 0.6) is 0 Å². The number of para-hydroxylation sites is 1. The number of halogens is 1. The molecule has 0 aliphatic heterocycles. The number of imidazole rings is 1. The van der Waals surface area contributed by atoms with Gasteiger partial charge in [-0.1, -0.05) is 6.07 Å². The normalized spacial score (nSPS) is 19.3. The lowest BCUT2D eigenvalue weighted by atomic mass is 10.2. The van der Waals surface area contributed by atoms with Crippen LogP contribution in [-0.4, -0.2) is 31.8 Å². The molecule has 2 unspecified atom stereocenters. The van der Waals surface area contributed by atoms with Crippen LogP contribution in [0.2, 0.25) is 0 Å². The third-order valence-electron chi connectivity index (χ3n) is 4.88. The third kappa shape index (κ3) is 2.90. The molecule has 2 heterocycles. The molecule has 0 saturated heterocycles. The molecule has 7 heteroatoms. The van der Waals surface area contributed by atoms with Crippen molar-refractivity contribution in [3.05, 3.63) is 47.8 Å². The maximum Gasteiger partial charge on any atom is 0.223 e. The van der Waals surface area contributed by atoms with Crippen molar-refractivity contribution in [1.29, 1.82) is 0 Å². The van der Waals surface area contributed by atoms with Gasteiger partial charge in [-0.15, -0.1) is 0 Å². The molecule has 2 aromatic heterocycles. The zero-order chi connectivity index (χ0) is 17.6. The van der Waals surface area contributed by atoms with Crippen LogP contribution in [-0.2, 0) is 25.3 Å². The molecule has 4 rings (SSSR count). The number of nitrogens with zero attached hydrogens (tertiary/aromatic N) is 4. The molecule has 2 atom stereocenters. The van der Waals surface area contributed by atoms with Crippen LogP contribution in [0.3, 0.4) is 0 Å². The van der Waals surface area contributed by atoms with E-state index in [1.807, 2.05) is 37.1 Å². The van der Waals surface area contributed by atoms with Crippen molar-refractivity contribution < 1.29 is 9.18 Å². The molecule has 0 spiro atoms.